The maximum Gasteiger partial charge on any atom is 0.202 e. The Morgan fingerprint density at radius 1 is 1.31 bits per heavy atom. The molecule has 1 nitrogen and oxygen atoms in total. The van der Waals surface area contributed by atoms with Crippen LogP contribution in [0.2, 0.25) is 0 Å². The number of halogens is 2. The van der Waals surface area contributed by atoms with Gasteiger partial charge in [-0.3, -0.25) is 4.79 Å². The highest BCUT2D eigenvalue weighted by Gasteiger charge is 1.94. The summed E-state index contributed by atoms with van der Waals surface area (Å²) in [4.78, 5) is 9.92. The van der Waals surface area contributed by atoms with Gasteiger partial charge in [-0.15, -0.1) is 0 Å². The summed E-state index contributed by atoms with van der Waals surface area (Å²) in [6.45, 7) is 0. The van der Waals surface area contributed by atoms with Gasteiger partial charge in [-0.05, 0) is 49.6 Å². The molecule has 1 aromatic carbocycles. The molecular weight excluding hydrogens is 296 g/mol. The fourth-order valence-corrected chi connectivity index (χ4v) is 1.50. The Bertz CT molecular complexity index is 332. The second kappa shape index (κ2) is 5.35. The van der Waals surface area contributed by atoms with Gasteiger partial charge in [0.2, 0.25) is 6.29 Å². The van der Waals surface area contributed by atoms with Crippen molar-refractivity contribution in [1.82, 2.24) is 0 Å². The number of allylic oxidation sites excluding steroid dienone is 1. The van der Waals surface area contributed by atoms with Crippen molar-refractivity contribution >= 4 is 44.2 Å². The van der Waals surface area contributed by atoms with Crippen molar-refractivity contribution < 1.29 is 4.79 Å². The molecule has 0 saturated heterocycles. The summed E-state index contributed by atoms with van der Waals surface area (Å²) >= 11 is 6.77. The van der Waals surface area contributed by atoms with E-state index in [2.05, 4.69) is 31.9 Å². The second-order valence-corrected chi connectivity index (χ2v) is 4.13. The summed E-state index contributed by atoms with van der Waals surface area (Å²) < 4.78 is 2.02. The molecule has 0 N–H and O–H groups in total. The van der Waals surface area contributed by atoms with E-state index < -0.39 is 0 Å². The highest BCUT2D eigenvalue weighted by Crippen LogP contribution is 2.24. The van der Waals surface area contributed by atoms with Crippen molar-refractivity contribution in [1.29, 1.82) is 0 Å². The molecule has 0 aliphatic carbocycles. The number of hydrogen-bond donors (Lipinski definition) is 0. The molecule has 1 aromatic rings. The first-order valence-corrected chi connectivity index (χ1v) is 5.29. The molecule has 0 atom stereocenters. The Labute approximate surface area is 94.1 Å². The standard InChI is InChI=1S/C10H7Br2O/c11-9-5-4-8(7-10(9)12)3-1-2-6-13/h1,3-5,7H,2H2. The van der Waals surface area contributed by atoms with Crippen LogP contribution in [0.25, 0.3) is 6.08 Å². The van der Waals surface area contributed by atoms with Crippen molar-refractivity contribution in [2.75, 3.05) is 0 Å². The molecule has 13 heavy (non-hydrogen) atoms. The lowest BCUT2D eigenvalue weighted by atomic mass is 10.2. The molecule has 0 saturated carbocycles. The lowest BCUT2D eigenvalue weighted by molar-refractivity contribution is 0.556. The van der Waals surface area contributed by atoms with Gasteiger partial charge in [0.25, 0.3) is 0 Å². The van der Waals surface area contributed by atoms with E-state index in [1.54, 1.807) is 12.4 Å². The zero-order chi connectivity index (χ0) is 9.68. The van der Waals surface area contributed by atoms with Gasteiger partial charge < -0.3 is 0 Å². The zero-order valence-corrected chi connectivity index (χ0v) is 9.93. The highest BCUT2D eigenvalue weighted by atomic mass is 79.9. The van der Waals surface area contributed by atoms with Crippen LogP contribution in [0.4, 0.5) is 0 Å². The SMILES string of the molecule is O=[C]CC=Cc1ccc(Br)c(Br)c1. The number of rotatable bonds is 3. The normalized spacial score (nSPS) is 10.6. The van der Waals surface area contributed by atoms with E-state index in [9.17, 15) is 4.79 Å². The molecule has 67 valence electrons. The first-order chi connectivity index (χ1) is 6.24. The van der Waals surface area contributed by atoms with Gasteiger partial charge >= 0.3 is 0 Å². The van der Waals surface area contributed by atoms with E-state index in [4.69, 9.17) is 0 Å². The van der Waals surface area contributed by atoms with E-state index in [1.165, 1.54) is 0 Å². The summed E-state index contributed by atoms with van der Waals surface area (Å²) in [6.07, 6.45) is 5.82. The minimum atomic E-state index is 0.341. The van der Waals surface area contributed by atoms with Crippen molar-refractivity contribution in [3.05, 3.63) is 38.8 Å². The third-order valence-electron chi connectivity index (χ3n) is 1.46. The maximum atomic E-state index is 9.92. The first-order valence-electron chi connectivity index (χ1n) is 3.70. The fourth-order valence-electron chi connectivity index (χ4n) is 0.859. The van der Waals surface area contributed by atoms with Gasteiger partial charge in [0.05, 0.1) is 0 Å². The van der Waals surface area contributed by atoms with Crippen molar-refractivity contribution in [2.45, 2.75) is 6.42 Å². The number of hydrogen-bond acceptors (Lipinski definition) is 1. The van der Waals surface area contributed by atoms with E-state index in [0.29, 0.717) is 6.42 Å². The smallest absolute Gasteiger partial charge is 0.202 e. The van der Waals surface area contributed by atoms with Crippen LogP contribution in [0, 0.1) is 0 Å². The fraction of sp³-hybridized carbons (Fsp3) is 0.100. The molecular formula is C10H7Br2O. The van der Waals surface area contributed by atoms with Crippen LogP contribution < -0.4 is 0 Å². The minimum Gasteiger partial charge on any atom is -0.291 e. The largest absolute Gasteiger partial charge is 0.291 e. The molecule has 1 rings (SSSR count). The van der Waals surface area contributed by atoms with Crippen LogP contribution in [0.1, 0.15) is 12.0 Å². The Balaban J connectivity index is 2.79. The third-order valence-corrected chi connectivity index (χ3v) is 3.33. The zero-order valence-electron chi connectivity index (χ0n) is 6.76. The predicted molar refractivity (Wildman–Crippen MR) is 61.2 cm³/mol. The molecule has 0 heterocycles. The molecule has 0 bridgehead atoms. The van der Waals surface area contributed by atoms with Crippen LogP contribution in [-0.4, -0.2) is 6.29 Å². The van der Waals surface area contributed by atoms with Crippen LogP contribution in [-0.2, 0) is 4.79 Å². The molecule has 1 radical (unpaired) electrons. The monoisotopic (exact) mass is 301 g/mol. The Morgan fingerprint density at radius 2 is 2.08 bits per heavy atom. The summed E-state index contributed by atoms with van der Waals surface area (Å²) in [5.74, 6) is 0. The van der Waals surface area contributed by atoms with E-state index in [0.717, 1.165) is 14.5 Å². The van der Waals surface area contributed by atoms with Crippen LogP contribution in [0.5, 0.6) is 0 Å². The third kappa shape index (κ3) is 3.44. The van der Waals surface area contributed by atoms with E-state index >= 15 is 0 Å². The van der Waals surface area contributed by atoms with E-state index in [-0.39, 0.29) is 0 Å². The first kappa shape index (κ1) is 10.7. The molecule has 0 aliphatic rings. The summed E-state index contributed by atoms with van der Waals surface area (Å²) in [5.41, 5.74) is 1.06. The Morgan fingerprint density at radius 3 is 2.69 bits per heavy atom. The maximum absolute atomic E-state index is 9.92. The average Bonchev–Trinajstić information content (AvgIpc) is 2.12. The Hall–Kier alpha value is -0.410. The average molecular weight is 303 g/mol. The summed E-state index contributed by atoms with van der Waals surface area (Å²) in [7, 11) is 0. The quantitative estimate of drug-likeness (QED) is 0.831. The topological polar surface area (TPSA) is 17.1 Å². The van der Waals surface area contributed by atoms with Gasteiger partial charge in [-0.1, -0.05) is 18.2 Å². The molecule has 0 amide bonds. The molecule has 0 spiro atoms. The van der Waals surface area contributed by atoms with Gasteiger partial charge in [0, 0.05) is 15.4 Å². The number of carbonyl (C=O) groups excluding carboxylic acids is 1. The van der Waals surface area contributed by atoms with Crippen molar-refractivity contribution in [3.63, 3.8) is 0 Å². The highest BCUT2D eigenvalue weighted by molar-refractivity contribution is 9.13. The molecule has 0 unspecified atom stereocenters. The van der Waals surface area contributed by atoms with Gasteiger partial charge in [-0.2, -0.15) is 0 Å². The van der Waals surface area contributed by atoms with E-state index in [1.807, 2.05) is 24.3 Å². The lowest BCUT2D eigenvalue weighted by Crippen LogP contribution is -1.74. The summed E-state index contributed by atoms with van der Waals surface area (Å²) in [5, 5.41) is 0. The van der Waals surface area contributed by atoms with Crippen molar-refractivity contribution in [3.8, 4) is 0 Å². The molecule has 0 aromatic heterocycles. The van der Waals surface area contributed by atoms with Gasteiger partial charge in [0.15, 0.2) is 0 Å². The molecule has 0 aliphatic heterocycles. The number of benzene rings is 1. The summed E-state index contributed by atoms with van der Waals surface area (Å²) in [6, 6.07) is 5.90. The van der Waals surface area contributed by atoms with Crippen molar-refractivity contribution in [2.24, 2.45) is 0 Å². The van der Waals surface area contributed by atoms with Crippen LogP contribution in [0.15, 0.2) is 33.2 Å². The predicted octanol–water partition coefficient (Wildman–Crippen LogP) is 3.72. The Kier molecular flexibility index (Phi) is 4.39. The van der Waals surface area contributed by atoms with Crippen LogP contribution >= 0.6 is 31.9 Å². The van der Waals surface area contributed by atoms with Crippen LogP contribution in [0.3, 0.4) is 0 Å². The van der Waals surface area contributed by atoms with Gasteiger partial charge in [0.1, 0.15) is 0 Å². The minimum absolute atomic E-state index is 0.341. The lowest BCUT2D eigenvalue weighted by Gasteiger charge is -1.97. The van der Waals surface area contributed by atoms with Gasteiger partial charge in [-0.25, -0.2) is 0 Å². The second-order valence-electron chi connectivity index (χ2n) is 2.42. The molecule has 0 fully saturated rings. The molecule has 3 heteroatoms.